The van der Waals surface area contributed by atoms with Crippen molar-refractivity contribution in [2.24, 2.45) is 5.41 Å². The van der Waals surface area contributed by atoms with Crippen LogP contribution in [0.25, 0.3) is 0 Å². The van der Waals surface area contributed by atoms with Gasteiger partial charge in [0.2, 0.25) is 0 Å². The summed E-state index contributed by atoms with van der Waals surface area (Å²) in [5, 5.41) is 3.26. The lowest BCUT2D eigenvalue weighted by molar-refractivity contribution is -0.137. The van der Waals surface area contributed by atoms with Gasteiger partial charge in [-0.2, -0.15) is 13.2 Å². The van der Waals surface area contributed by atoms with E-state index in [1.165, 1.54) is 31.7 Å². The van der Waals surface area contributed by atoms with E-state index in [0.29, 0.717) is 4.47 Å². The Hall–Kier alpha value is -0.710. The zero-order valence-corrected chi connectivity index (χ0v) is 12.4. The Labute approximate surface area is 119 Å². The molecule has 0 aromatic heterocycles. The molecule has 19 heavy (non-hydrogen) atoms. The lowest BCUT2D eigenvalue weighted by Crippen LogP contribution is -2.23. The predicted molar refractivity (Wildman–Crippen MR) is 74.2 cm³/mol. The summed E-state index contributed by atoms with van der Waals surface area (Å²) in [7, 11) is 0. The largest absolute Gasteiger partial charge is 0.416 e. The van der Waals surface area contributed by atoms with Crippen LogP contribution in [-0.4, -0.2) is 6.54 Å². The van der Waals surface area contributed by atoms with Crippen molar-refractivity contribution in [3.8, 4) is 0 Å². The Kier molecular flexibility index (Phi) is 4.14. The van der Waals surface area contributed by atoms with Gasteiger partial charge in [-0.25, -0.2) is 0 Å². The molecule has 0 bridgehead atoms. The summed E-state index contributed by atoms with van der Waals surface area (Å²) >= 11 is 3.20. The van der Waals surface area contributed by atoms with Crippen LogP contribution in [0.2, 0.25) is 0 Å². The Balaban J connectivity index is 2.05. The van der Waals surface area contributed by atoms with Gasteiger partial charge in [-0.3, -0.25) is 0 Å². The molecule has 5 heteroatoms. The summed E-state index contributed by atoms with van der Waals surface area (Å²) in [6.07, 6.45) is 0.549. The van der Waals surface area contributed by atoms with Crippen LogP contribution in [0.4, 0.5) is 18.9 Å². The summed E-state index contributed by atoms with van der Waals surface area (Å²) < 4.78 is 38.1. The first-order valence-corrected chi connectivity index (χ1v) is 7.20. The van der Waals surface area contributed by atoms with Crippen molar-refractivity contribution >= 4 is 21.6 Å². The number of benzene rings is 1. The number of hydrogen-bond acceptors (Lipinski definition) is 1. The number of hydrogen-bond donors (Lipinski definition) is 1. The summed E-state index contributed by atoms with van der Waals surface area (Å²) in [4.78, 5) is 0. The number of alkyl halides is 3. The van der Waals surface area contributed by atoms with Gasteiger partial charge in [0.25, 0.3) is 0 Å². The predicted octanol–water partition coefficient (Wildman–Crippen LogP) is 5.46. The van der Waals surface area contributed by atoms with Crippen LogP contribution in [0.15, 0.2) is 22.7 Å². The first kappa shape index (κ1) is 14.7. The van der Waals surface area contributed by atoms with E-state index in [1.807, 2.05) is 0 Å². The van der Waals surface area contributed by atoms with E-state index in [9.17, 15) is 13.2 Å². The molecule has 1 N–H and O–H groups in total. The Morgan fingerprint density at radius 2 is 1.89 bits per heavy atom. The molecule has 1 saturated carbocycles. The molecule has 0 aliphatic heterocycles. The van der Waals surface area contributed by atoms with E-state index in [0.717, 1.165) is 24.4 Å². The first-order valence-electron chi connectivity index (χ1n) is 6.41. The normalized spacial score (nSPS) is 18.6. The van der Waals surface area contributed by atoms with Crippen LogP contribution < -0.4 is 5.32 Å². The molecular weight excluding hydrogens is 319 g/mol. The number of anilines is 1. The van der Waals surface area contributed by atoms with Crippen LogP contribution in [0, 0.1) is 5.41 Å². The van der Waals surface area contributed by atoms with Crippen molar-refractivity contribution in [1.82, 2.24) is 0 Å². The van der Waals surface area contributed by atoms with Crippen LogP contribution >= 0.6 is 15.9 Å². The van der Waals surface area contributed by atoms with E-state index in [2.05, 4.69) is 28.2 Å². The topological polar surface area (TPSA) is 12.0 Å². The summed E-state index contributed by atoms with van der Waals surface area (Å²) in [5.41, 5.74) is 0.361. The number of rotatable bonds is 3. The Bertz CT molecular complexity index is 450. The highest BCUT2D eigenvalue weighted by molar-refractivity contribution is 9.10. The van der Waals surface area contributed by atoms with Gasteiger partial charge >= 0.3 is 6.18 Å². The van der Waals surface area contributed by atoms with Crippen molar-refractivity contribution in [1.29, 1.82) is 0 Å². The van der Waals surface area contributed by atoms with Gasteiger partial charge in [-0.15, -0.1) is 0 Å². The van der Waals surface area contributed by atoms with E-state index < -0.39 is 11.7 Å². The average Bonchev–Trinajstić information content (AvgIpc) is 2.74. The smallest absolute Gasteiger partial charge is 0.384 e. The molecule has 0 atom stereocenters. The molecular formula is C14H17BrF3N. The number of nitrogens with one attached hydrogen (secondary N) is 1. The zero-order valence-electron chi connectivity index (χ0n) is 10.8. The molecule has 0 saturated heterocycles. The first-order chi connectivity index (χ1) is 8.80. The van der Waals surface area contributed by atoms with Crippen LogP contribution in [0.3, 0.4) is 0 Å². The van der Waals surface area contributed by atoms with Crippen molar-refractivity contribution in [2.75, 3.05) is 11.9 Å². The molecule has 1 aliphatic rings. The fourth-order valence-corrected chi connectivity index (χ4v) is 3.07. The highest BCUT2D eigenvalue weighted by atomic mass is 79.9. The molecule has 0 radical (unpaired) electrons. The van der Waals surface area contributed by atoms with Crippen molar-refractivity contribution in [2.45, 2.75) is 38.8 Å². The molecule has 1 nitrogen and oxygen atoms in total. The van der Waals surface area contributed by atoms with E-state index in [4.69, 9.17) is 0 Å². The number of halogens is 4. The highest BCUT2D eigenvalue weighted by Gasteiger charge is 2.31. The highest BCUT2D eigenvalue weighted by Crippen LogP contribution is 2.39. The van der Waals surface area contributed by atoms with Gasteiger partial charge in [0.15, 0.2) is 0 Å². The third-order valence-corrected chi connectivity index (χ3v) is 4.47. The second-order valence-corrected chi connectivity index (χ2v) is 6.42. The molecule has 1 aromatic carbocycles. The van der Waals surface area contributed by atoms with Crippen LogP contribution in [0.1, 0.15) is 38.2 Å². The third-order valence-electron chi connectivity index (χ3n) is 3.81. The lowest BCUT2D eigenvalue weighted by Gasteiger charge is -2.25. The maximum atomic E-state index is 12.6. The minimum absolute atomic E-state index is 0.266. The van der Waals surface area contributed by atoms with Gasteiger partial charge in [0.05, 0.1) is 5.56 Å². The van der Waals surface area contributed by atoms with Crippen molar-refractivity contribution in [3.05, 3.63) is 28.2 Å². The van der Waals surface area contributed by atoms with Gasteiger partial charge in [0, 0.05) is 16.7 Å². The van der Waals surface area contributed by atoms with E-state index in [1.54, 1.807) is 0 Å². The van der Waals surface area contributed by atoms with E-state index in [-0.39, 0.29) is 5.41 Å². The SMILES string of the molecule is CC1(CNc2ccc(C(F)(F)F)cc2Br)CCCC1. The zero-order chi connectivity index (χ0) is 14.1. The van der Waals surface area contributed by atoms with Crippen molar-refractivity contribution in [3.63, 3.8) is 0 Å². The third kappa shape index (κ3) is 3.65. The van der Waals surface area contributed by atoms with Crippen molar-refractivity contribution < 1.29 is 13.2 Å². The standard InChI is InChI=1S/C14H17BrF3N/c1-13(6-2-3-7-13)9-19-12-5-4-10(8-11(12)15)14(16,17)18/h4-5,8,19H,2-3,6-7,9H2,1H3. The molecule has 0 heterocycles. The second kappa shape index (κ2) is 5.35. The molecule has 1 fully saturated rings. The average molecular weight is 336 g/mol. The van der Waals surface area contributed by atoms with E-state index >= 15 is 0 Å². The van der Waals surface area contributed by atoms with Gasteiger partial charge in [0.1, 0.15) is 0 Å². The van der Waals surface area contributed by atoms with Gasteiger partial charge in [-0.1, -0.05) is 19.8 Å². The van der Waals surface area contributed by atoms with Gasteiger partial charge in [-0.05, 0) is 52.4 Å². The summed E-state index contributed by atoms with van der Waals surface area (Å²) in [6, 6.07) is 3.73. The van der Waals surface area contributed by atoms with Gasteiger partial charge < -0.3 is 5.32 Å². The maximum absolute atomic E-state index is 12.6. The Morgan fingerprint density at radius 3 is 2.42 bits per heavy atom. The summed E-state index contributed by atoms with van der Waals surface area (Å²) in [5.74, 6) is 0. The minimum atomic E-state index is -4.29. The molecule has 0 amide bonds. The lowest BCUT2D eigenvalue weighted by atomic mass is 9.89. The second-order valence-electron chi connectivity index (χ2n) is 5.56. The molecule has 0 spiro atoms. The van der Waals surface area contributed by atoms with Crippen LogP contribution in [0.5, 0.6) is 0 Å². The summed E-state index contributed by atoms with van der Waals surface area (Å²) in [6.45, 7) is 3.03. The monoisotopic (exact) mass is 335 g/mol. The van der Waals surface area contributed by atoms with Crippen LogP contribution in [-0.2, 0) is 6.18 Å². The quantitative estimate of drug-likeness (QED) is 0.773. The molecule has 106 valence electrons. The molecule has 0 unspecified atom stereocenters. The minimum Gasteiger partial charge on any atom is -0.384 e. The fraction of sp³-hybridized carbons (Fsp3) is 0.571. The Morgan fingerprint density at radius 1 is 1.26 bits per heavy atom. The molecule has 1 aliphatic carbocycles. The fourth-order valence-electron chi connectivity index (χ4n) is 2.55. The maximum Gasteiger partial charge on any atom is 0.416 e. The molecule has 1 aromatic rings. The molecule has 2 rings (SSSR count).